The summed E-state index contributed by atoms with van der Waals surface area (Å²) < 4.78 is 2.36. The van der Waals surface area contributed by atoms with Crippen molar-refractivity contribution in [3.63, 3.8) is 0 Å². The van der Waals surface area contributed by atoms with Gasteiger partial charge in [-0.15, -0.1) is 0 Å². The fourth-order valence-corrected chi connectivity index (χ4v) is 5.46. The number of hydrogen-bond donors (Lipinski definition) is 0. The minimum atomic E-state index is 0.970. The summed E-state index contributed by atoms with van der Waals surface area (Å²) in [6.45, 7) is 4.33. The number of rotatable bonds is 2. The second-order valence-electron chi connectivity index (χ2n) is 9.43. The molecule has 0 saturated carbocycles. The maximum Gasteiger partial charge on any atom is 0.146 e. The van der Waals surface area contributed by atoms with Crippen LogP contribution in [0.25, 0.3) is 60.4 Å². The summed E-state index contributed by atoms with van der Waals surface area (Å²) in [5, 5.41) is 7.39. The van der Waals surface area contributed by atoms with Crippen molar-refractivity contribution < 1.29 is 0 Å². The summed E-state index contributed by atoms with van der Waals surface area (Å²) in [6.07, 6.45) is 0. The first-order valence-corrected chi connectivity index (χ1v) is 12.1. The topological polar surface area (TPSA) is 17.8 Å². The average molecular weight is 449 g/mol. The Morgan fingerprint density at radius 1 is 0.543 bits per heavy atom. The Kier molecular flexibility index (Phi) is 4.31. The van der Waals surface area contributed by atoms with E-state index in [1.165, 1.54) is 43.4 Å². The predicted molar refractivity (Wildman–Crippen MR) is 148 cm³/mol. The van der Waals surface area contributed by atoms with Crippen LogP contribution in [0.4, 0.5) is 0 Å². The smallest absolute Gasteiger partial charge is 0.146 e. The van der Waals surface area contributed by atoms with E-state index < -0.39 is 0 Å². The fraction of sp³-hybridized carbons (Fsp3) is 0.0606. The summed E-state index contributed by atoms with van der Waals surface area (Å²) in [4.78, 5) is 5.40. The molecule has 0 saturated heterocycles. The molecule has 1 heterocycles. The minimum absolute atomic E-state index is 0.970. The summed E-state index contributed by atoms with van der Waals surface area (Å²) in [7, 11) is 0. The van der Waals surface area contributed by atoms with Crippen LogP contribution in [0.2, 0.25) is 0 Å². The van der Waals surface area contributed by atoms with Gasteiger partial charge in [0.1, 0.15) is 5.82 Å². The zero-order valence-electron chi connectivity index (χ0n) is 19.8. The fourth-order valence-electron chi connectivity index (χ4n) is 5.46. The molecule has 0 N–H and O–H groups in total. The molecule has 0 bridgehead atoms. The number of hydrogen-bond acceptors (Lipinski definition) is 1. The van der Waals surface area contributed by atoms with Crippen LogP contribution in [-0.4, -0.2) is 9.55 Å². The van der Waals surface area contributed by atoms with Crippen LogP contribution in [0, 0.1) is 13.8 Å². The van der Waals surface area contributed by atoms with Crippen LogP contribution in [0.5, 0.6) is 0 Å². The van der Waals surface area contributed by atoms with E-state index in [1.807, 2.05) is 0 Å². The highest BCUT2D eigenvalue weighted by Gasteiger charge is 2.21. The van der Waals surface area contributed by atoms with E-state index >= 15 is 0 Å². The number of aryl methyl sites for hydroxylation is 2. The Bertz CT molecular complexity index is 1900. The number of benzene rings is 6. The van der Waals surface area contributed by atoms with E-state index in [9.17, 15) is 0 Å². The van der Waals surface area contributed by atoms with Gasteiger partial charge in [0, 0.05) is 22.0 Å². The molecule has 0 spiro atoms. The molecule has 35 heavy (non-hydrogen) atoms. The molecule has 0 aliphatic heterocycles. The lowest BCUT2D eigenvalue weighted by Gasteiger charge is -2.14. The summed E-state index contributed by atoms with van der Waals surface area (Å²) in [5.41, 5.74) is 6.99. The average Bonchev–Trinajstić information content (AvgIpc) is 3.29. The van der Waals surface area contributed by atoms with Gasteiger partial charge in [-0.2, -0.15) is 0 Å². The van der Waals surface area contributed by atoms with Gasteiger partial charge in [-0.3, -0.25) is 4.57 Å². The van der Waals surface area contributed by atoms with Gasteiger partial charge in [0.2, 0.25) is 0 Å². The number of fused-ring (bicyclic) bond motifs is 7. The molecule has 0 aliphatic carbocycles. The SMILES string of the molecule is Cc1ccc2c(c1)c1cc(C)ccc1c1c2nc(-c2cccc3ccccc23)n1-c1ccccc1. The first kappa shape index (κ1) is 20.0. The Hall–Kier alpha value is -4.43. The molecule has 0 radical (unpaired) electrons. The quantitative estimate of drug-likeness (QED) is 0.242. The van der Waals surface area contributed by atoms with Crippen molar-refractivity contribution in [2.75, 3.05) is 0 Å². The molecule has 7 aromatic rings. The maximum atomic E-state index is 5.40. The highest BCUT2D eigenvalue weighted by atomic mass is 15.1. The van der Waals surface area contributed by atoms with Gasteiger partial charge in [0.15, 0.2) is 0 Å². The molecule has 6 aromatic carbocycles. The molecule has 1 aromatic heterocycles. The summed E-state index contributed by atoms with van der Waals surface area (Å²) in [5.74, 6) is 0.970. The number of imidazole rings is 1. The molecular formula is C33H24N2. The van der Waals surface area contributed by atoms with Gasteiger partial charge in [0.05, 0.1) is 11.0 Å². The molecule has 7 rings (SSSR count). The molecule has 0 amide bonds. The highest BCUT2D eigenvalue weighted by Crippen LogP contribution is 2.40. The van der Waals surface area contributed by atoms with Gasteiger partial charge in [-0.05, 0) is 47.5 Å². The largest absolute Gasteiger partial charge is 0.292 e. The second kappa shape index (κ2) is 7.54. The lowest BCUT2D eigenvalue weighted by atomic mass is 9.97. The van der Waals surface area contributed by atoms with Crippen molar-refractivity contribution in [2.24, 2.45) is 0 Å². The van der Waals surface area contributed by atoms with Crippen molar-refractivity contribution in [2.45, 2.75) is 13.8 Å². The van der Waals surface area contributed by atoms with Crippen LogP contribution >= 0.6 is 0 Å². The van der Waals surface area contributed by atoms with Crippen LogP contribution in [0.15, 0.2) is 109 Å². The van der Waals surface area contributed by atoms with E-state index in [1.54, 1.807) is 0 Å². The summed E-state index contributed by atoms with van der Waals surface area (Å²) in [6, 6.07) is 39.2. The predicted octanol–water partition coefficient (Wildman–Crippen LogP) is 8.77. The third kappa shape index (κ3) is 3.00. The van der Waals surface area contributed by atoms with Crippen molar-refractivity contribution in [1.29, 1.82) is 0 Å². The molecule has 0 atom stereocenters. The van der Waals surface area contributed by atoms with E-state index in [4.69, 9.17) is 4.98 Å². The number of aromatic nitrogens is 2. The van der Waals surface area contributed by atoms with Crippen LogP contribution in [-0.2, 0) is 0 Å². The van der Waals surface area contributed by atoms with E-state index in [0.717, 1.165) is 28.1 Å². The molecule has 166 valence electrons. The number of para-hydroxylation sites is 1. The Morgan fingerprint density at radius 3 is 2.00 bits per heavy atom. The monoisotopic (exact) mass is 448 g/mol. The van der Waals surface area contributed by atoms with E-state index in [2.05, 4.69) is 128 Å². The van der Waals surface area contributed by atoms with Crippen LogP contribution < -0.4 is 0 Å². The van der Waals surface area contributed by atoms with E-state index in [0.29, 0.717) is 0 Å². The van der Waals surface area contributed by atoms with Gasteiger partial charge >= 0.3 is 0 Å². The molecule has 2 heteroatoms. The first-order chi connectivity index (χ1) is 17.2. The molecule has 2 nitrogen and oxygen atoms in total. The minimum Gasteiger partial charge on any atom is -0.292 e. The zero-order chi connectivity index (χ0) is 23.5. The van der Waals surface area contributed by atoms with Crippen LogP contribution in [0.3, 0.4) is 0 Å². The molecule has 0 fully saturated rings. The maximum absolute atomic E-state index is 5.40. The zero-order valence-corrected chi connectivity index (χ0v) is 19.8. The van der Waals surface area contributed by atoms with Gasteiger partial charge in [0.25, 0.3) is 0 Å². The molecule has 0 unspecified atom stereocenters. The number of nitrogens with zero attached hydrogens (tertiary/aromatic N) is 2. The lowest BCUT2D eigenvalue weighted by molar-refractivity contribution is 1.11. The normalized spacial score (nSPS) is 11.7. The first-order valence-electron chi connectivity index (χ1n) is 12.1. The Balaban J connectivity index is 1.75. The Morgan fingerprint density at radius 2 is 1.20 bits per heavy atom. The second-order valence-corrected chi connectivity index (χ2v) is 9.43. The third-order valence-electron chi connectivity index (χ3n) is 7.07. The lowest BCUT2D eigenvalue weighted by Crippen LogP contribution is -1.98. The van der Waals surface area contributed by atoms with Gasteiger partial charge in [-0.25, -0.2) is 4.98 Å². The van der Waals surface area contributed by atoms with E-state index in [-0.39, 0.29) is 0 Å². The van der Waals surface area contributed by atoms with Crippen molar-refractivity contribution in [1.82, 2.24) is 9.55 Å². The molecule has 0 aliphatic rings. The summed E-state index contributed by atoms with van der Waals surface area (Å²) >= 11 is 0. The van der Waals surface area contributed by atoms with Gasteiger partial charge < -0.3 is 0 Å². The Labute approximate surface area is 204 Å². The van der Waals surface area contributed by atoms with Crippen molar-refractivity contribution in [3.05, 3.63) is 120 Å². The van der Waals surface area contributed by atoms with Crippen molar-refractivity contribution in [3.8, 4) is 17.1 Å². The standard InChI is InChI=1S/C33H24N2/c1-21-15-17-26-29(19-21)30-20-22(2)16-18-27(30)32-31(26)34-33(35(32)24-11-4-3-5-12-24)28-14-8-10-23-9-6-7-13-25(23)28/h3-20H,1-2H3. The third-order valence-corrected chi connectivity index (χ3v) is 7.07. The molecular weight excluding hydrogens is 424 g/mol. The van der Waals surface area contributed by atoms with Gasteiger partial charge in [-0.1, -0.05) is 108 Å². The van der Waals surface area contributed by atoms with Crippen LogP contribution in [0.1, 0.15) is 11.1 Å². The highest BCUT2D eigenvalue weighted by molar-refractivity contribution is 6.24. The van der Waals surface area contributed by atoms with Crippen molar-refractivity contribution >= 4 is 43.4 Å².